The maximum absolute atomic E-state index is 14.7. The Morgan fingerprint density at radius 2 is 2.25 bits per heavy atom. The summed E-state index contributed by atoms with van der Waals surface area (Å²) >= 11 is 1.48. The van der Waals surface area contributed by atoms with E-state index in [9.17, 15) is 14.3 Å². The molecule has 3 aromatic heterocycles. The van der Waals surface area contributed by atoms with Gasteiger partial charge in [-0.2, -0.15) is 0 Å². The summed E-state index contributed by atoms with van der Waals surface area (Å²) in [5.74, 6) is 0.695. The van der Waals surface area contributed by atoms with Crippen molar-refractivity contribution in [2.45, 2.75) is 23.6 Å². The Bertz CT molecular complexity index is 1260. The molecule has 10 nitrogen and oxygen atoms in total. The normalized spacial score (nSPS) is 19.1. The maximum Gasteiger partial charge on any atom is 0.235 e. The first-order valence-electron chi connectivity index (χ1n) is 11.6. The largest absolute Gasteiger partial charge is 0.481 e. The van der Waals surface area contributed by atoms with Crippen molar-refractivity contribution in [3.8, 4) is 5.88 Å². The van der Waals surface area contributed by atoms with Crippen molar-refractivity contribution in [2.75, 3.05) is 51.0 Å². The van der Waals surface area contributed by atoms with Gasteiger partial charge in [-0.15, -0.1) is 11.8 Å². The number of hydrogen-bond donors (Lipinski definition) is 3. The first kappa shape index (κ1) is 24.8. The van der Waals surface area contributed by atoms with Crippen LogP contribution in [0.5, 0.6) is 5.88 Å². The van der Waals surface area contributed by atoms with Gasteiger partial charge in [0.15, 0.2) is 0 Å². The number of pyridine rings is 3. The van der Waals surface area contributed by atoms with Crippen molar-refractivity contribution in [1.29, 1.82) is 0 Å². The highest BCUT2D eigenvalue weighted by Gasteiger charge is 2.26. The number of carbonyl (C=O) groups is 1. The molecule has 0 aromatic carbocycles. The summed E-state index contributed by atoms with van der Waals surface area (Å²) < 4.78 is 25.7. The number of aliphatic hydroxyl groups excluding tert-OH is 1. The molecule has 0 radical (unpaired) electrons. The zero-order chi connectivity index (χ0) is 25.1. The maximum atomic E-state index is 14.7. The molecule has 0 spiro atoms. The number of carbonyl (C=O) groups excluding carboxylic acids is 1. The highest BCUT2D eigenvalue weighted by atomic mass is 32.2. The van der Waals surface area contributed by atoms with Crippen LogP contribution in [-0.2, 0) is 16.1 Å². The zero-order valence-corrected chi connectivity index (χ0v) is 20.6. The van der Waals surface area contributed by atoms with Crippen LogP contribution in [-0.4, -0.2) is 82.6 Å². The average Bonchev–Trinajstić information content (AvgIpc) is 2.88. The Labute approximate surface area is 211 Å². The lowest BCUT2D eigenvalue weighted by Crippen LogP contribution is -2.47. The third kappa shape index (κ3) is 5.57. The lowest BCUT2D eigenvalue weighted by Gasteiger charge is -2.34. The molecule has 1 fully saturated rings. The third-order valence-corrected chi connectivity index (χ3v) is 7.13. The third-order valence-electron chi connectivity index (χ3n) is 6.08. The van der Waals surface area contributed by atoms with E-state index in [1.807, 2.05) is 12.1 Å². The van der Waals surface area contributed by atoms with Crippen LogP contribution in [0.3, 0.4) is 0 Å². The van der Waals surface area contributed by atoms with Gasteiger partial charge in [0, 0.05) is 44.4 Å². The van der Waals surface area contributed by atoms with E-state index in [0.29, 0.717) is 61.3 Å². The molecule has 0 aliphatic carbocycles. The summed E-state index contributed by atoms with van der Waals surface area (Å²) in [4.78, 5) is 27.5. The van der Waals surface area contributed by atoms with E-state index in [1.54, 1.807) is 12.1 Å². The number of nitrogens with zero attached hydrogens (tertiary/aromatic N) is 4. The highest BCUT2D eigenvalue weighted by molar-refractivity contribution is 8.00. The van der Waals surface area contributed by atoms with E-state index in [4.69, 9.17) is 9.47 Å². The number of aliphatic hydroxyl groups is 1. The molecule has 3 aromatic rings. The Kier molecular flexibility index (Phi) is 7.58. The number of nitrogens with one attached hydrogen (secondary N) is 2. The molecule has 1 unspecified atom stereocenters. The van der Waals surface area contributed by atoms with E-state index in [2.05, 4.69) is 30.5 Å². The van der Waals surface area contributed by atoms with Crippen LogP contribution in [0.15, 0.2) is 35.4 Å². The first-order chi connectivity index (χ1) is 17.5. The van der Waals surface area contributed by atoms with Crippen LogP contribution in [0.25, 0.3) is 11.0 Å². The number of amides is 1. The van der Waals surface area contributed by atoms with Crippen LogP contribution in [0, 0.1) is 5.82 Å². The standard InChI is InChI=1S/C24H27FN6O4S/c1-34-21-5-3-17-23(30-21)22(16(25)10-27-17)18(32)12-31-6-7-35-15(11-31)9-26-8-14-2-4-19-24(28-14)29-20(33)13-36-19/h2-5,10,15,18,26,32H,6-9,11-13H2,1H3,(H,28,29,33)/t15?,18-/m0/s1. The Balaban J connectivity index is 1.18. The number of β-amino-alcohol motifs (C(OH)–C–C–N with tert-alkyl or cyclic N) is 1. The molecule has 5 rings (SSSR count). The minimum atomic E-state index is -1.09. The molecular weight excluding hydrogens is 487 g/mol. The SMILES string of the molecule is COc1ccc2ncc(F)c([C@@H](O)CN3CCOC(CNCc4ccc5c(n4)NC(=O)CS5)C3)c2n1. The molecule has 3 N–H and O–H groups in total. The van der Waals surface area contributed by atoms with E-state index in [-0.39, 0.29) is 24.1 Å². The number of halogens is 1. The number of morpholine rings is 1. The fourth-order valence-electron chi connectivity index (χ4n) is 4.35. The predicted octanol–water partition coefficient (Wildman–Crippen LogP) is 1.74. The van der Waals surface area contributed by atoms with Gasteiger partial charge in [-0.25, -0.2) is 14.4 Å². The van der Waals surface area contributed by atoms with Crippen molar-refractivity contribution < 1.29 is 23.8 Å². The van der Waals surface area contributed by atoms with Crippen molar-refractivity contribution in [1.82, 2.24) is 25.2 Å². The molecule has 36 heavy (non-hydrogen) atoms. The minimum absolute atomic E-state index is 0.0439. The number of aromatic nitrogens is 3. The summed E-state index contributed by atoms with van der Waals surface area (Å²) in [5.41, 5.74) is 1.72. The molecule has 190 valence electrons. The van der Waals surface area contributed by atoms with Gasteiger partial charge < -0.3 is 25.2 Å². The van der Waals surface area contributed by atoms with Crippen molar-refractivity contribution in [3.05, 3.63) is 47.5 Å². The monoisotopic (exact) mass is 514 g/mol. The molecule has 1 amide bonds. The molecule has 5 heterocycles. The van der Waals surface area contributed by atoms with Crippen LogP contribution in [0.1, 0.15) is 17.4 Å². The van der Waals surface area contributed by atoms with Crippen molar-refractivity contribution >= 4 is 34.5 Å². The first-order valence-corrected chi connectivity index (χ1v) is 12.6. The number of fused-ring (bicyclic) bond motifs is 2. The number of anilines is 1. The fourth-order valence-corrected chi connectivity index (χ4v) is 5.10. The Hall–Kier alpha value is -2.90. The van der Waals surface area contributed by atoms with Crippen LogP contribution >= 0.6 is 11.8 Å². The minimum Gasteiger partial charge on any atom is -0.481 e. The highest BCUT2D eigenvalue weighted by Crippen LogP contribution is 2.30. The smallest absolute Gasteiger partial charge is 0.235 e. The lowest BCUT2D eigenvalue weighted by molar-refractivity contribution is -0.113. The van der Waals surface area contributed by atoms with Crippen LogP contribution < -0.4 is 15.4 Å². The zero-order valence-electron chi connectivity index (χ0n) is 19.7. The summed E-state index contributed by atoms with van der Waals surface area (Å²) in [5, 5.41) is 17.1. The molecule has 0 bridgehead atoms. The Morgan fingerprint density at radius 3 is 3.11 bits per heavy atom. The van der Waals surface area contributed by atoms with Gasteiger partial charge in [-0.3, -0.25) is 14.7 Å². The molecule has 2 aliphatic heterocycles. The predicted molar refractivity (Wildman–Crippen MR) is 132 cm³/mol. The van der Waals surface area contributed by atoms with Gasteiger partial charge >= 0.3 is 0 Å². The van der Waals surface area contributed by atoms with Gasteiger partial charge in [0.1, 0.15) is 17.2 Å². The van der Waals surface area contributed by atoms with E-state index < -0.39 is 11.9 Å². The molecule has 0 saturated carbocycles. The molecule has 2 atom stereocenters. The second-order valence-corrected chi connectivity index (χ2v) is 9.64. The van der Waals surface area contributed by atoms with Gasteiger partial charge in [-0.1, -0.05) is 0 Å². The average molecular weight is 515 g/mol. The van der Waals surface area contributed by atoms with E-state index in [0.717, 1.165) is 16.8 Å². The number of ether oxygens (including phenoxy) is 2. The summed E-state index contributed by atoms with van der Waals surface area (Å²) in [7, 11) is 1.48. The molecular formula is C24H27FN6O4S. The van der Waals surface area contributed by atoms with Crippen LogP contribution in [0.2, 0.25) is 0 Å². The molecule has 12 heteroatoms. The van der Waals surface area contributed by atoms with Crippen LogP contribution in [0.4, 0.5) is 10.2 Å². The lowest BCUT2D eigenvalue weighted by atomic mass is 10.1. The molecule has 2 aliphatic rings. The number of methoxy groups -OCH3 is 1. The molecule has 1 saturated heterocycles. The van der Waals surface area contributed by atoms with Gasteiger partial charge in [0.05, 0.1) is 54.0 Å². The second-order valence-electron chi connectivity index (χ2n) is 8.63. The number of rotatable bonds is 8. The summed E-state index contributed by atoms with van der Waals surface area (Å²) in [6.07, 6.45) is -0.0781. The van der Waals surface area contributed by atoms with Crippen molar-refractivity contribution in [2.24, 2.45) is 0 Å². The van der Waals surface area contributed by atoms with Crippen molar-refractivity contribution in [3.63, 3.8) is 0 Å². The Morgan fingerprint density at radius 1 is 1.36 bits per heavy atom. The van der Waals surface area contributed by atoms with Gasteiger partial charge in [-0.05, 0) is 18.2 Å². The topological polar surface area (TPSA) is 122 Å². The van der Waals surface area contributed by atoms with Gasteiger partial charge in [0.25, 0.3) is 0 Å². The number of hydrogen-bond acceptors (Lipinski definition) is 10. The summed E-state index contributed by atoms with van der Waals surface area (Å²) in [6.45, 7) is 3.05. The second kappa shape index (κ2) is 11.0. The van der Waals surface area contributed by atoms with E-state index in [1.165, 1.54) is 18.9 Å². The fraction of sp³-hybridized carbons (Fsp3) is 0.417. The van der Waals surface area contributed by atoms with Gasteiger partial charge in [0.2, 0.25) is 11.8 Å². The number of thioether (sulfide) groups is 1. The quantitative estimate of drug-likeness (QED) is 0.410. The van der Waals surface area contributed by atoms with E-state index >= 15 is 0 Å². The summed E-state index contributed by atoms with van der Waals surface area (Å²) in [6, 6.07) is 7.25.